The molecule has 29 heavy (non-hydrogen) atoms. The molecule has 3 heterocycles. The largest absolute Gasteiger partial charge is 0.464 e. The van der Waals surface area contributed by atoms with Crippen molar-refractivity contribution < 1.29 is 17.9 Å². The van der Waals surface area contributed by atoms with E-state index in [9.17, 15) is 13.2 Å². The van der Waals surface area contributed by atoms with Crippen LogP contribution < -0.4 is 0 Å². The summed E-state index contributed by atoms with van der Waals surface area (Å²) < 4.78 is 32.4. The van der Waals surface area contributed by atoms with Crippen molar-refractivity contribution in [3.63, 3.8) is 0 Å². The van der Waals surface area contributed by atoms with Gasteiger partial charge >= 0.3 is 5.97 Å². The van der Waals surface area contributed by atoms with Crippen molar-refractivity contribution in [1.82, 2.24) is 13.9 Å². The predicted molar refractivity (Wildman–Crippen MR) is 108 cm³/mol. The van der Waals surface area contributed by atoms with Gasteiger partial charge in [-0.1, -0.05) is 23.8 Å². The maximum Gasteiger partial charge on any atom is 0.355 e. The Hall–Kier alpha value is -3.52. The van der Waals surface area contributed by atoms with Gasteiger partial charge in [-0.15, -0.1) is 0 Å². The lowest BCUT2D eigenvalue weighted by Crippen LogP contribution is -2.19. The Morgan fingerprint density at radius 2 is 1.79 bits per heavy atom. The SMILES string of the molecule is COC(=O)c1cc2cc(-c3cccnc3)cnc2n1S(=O)(=O)c1ccc(C)cc1. The Kier molecular flexibility index (Phi) is 4.63. The first kappa shape index (κ1) is 18.8. The van der Waals surface area contributed by atoms with Crippen LogP contribution in [-0.2, 0) is 14.8 Å². The summed E-state index contributed by atoms with van der Waals surface area (Å²) in [7, 11) is -2.86. The number of carbonyl (C=O) groups is 1. The number of aryl methyl sites for hydroxylation is 1. The normalized spacial score (nSPS) is 11.5. The van der Waals surface area contributed by atoms with Crippen molar-refractivity contribution in [2.75, 3.05) is 7.11 Å². The van der Waals surface area contributed by atoms with Crippen LogP contribution in [0, 0.1) is 6.92 Å². The number of rotatable bonds is 4. The first-order valence-corrected chi connectivity index (χ1v) is 10.2. The summed E-state index contributed by atoms with van der Waals surface area (Å²) in [5.41, 5.74) is 2.55. The van der Waals surface area contributed by atoms with E-state index in [1.165, 1.54) is 25.3 Å². The topological polar surface area (TPSA) is 91.2 Å². The molecule has 1 aromatic carbocycles. The van der Waals surface area contributed by atoms with E-state index in [-0.39, 0.29) is 16.2 Å². The molecule has 8 heteroatoms. The van der Waals surface area contributed by atoms with Gasteiger partial charge in [0.2, 0.25) is 0 Å². The number of pyridine rings is 2. The number of methoxy groups -OCH3 is 1. The van der Waals surface area contributed by atoms with E-state index >= 15 is 0 Å². The fourth-order valence-corrected chi connectivity index (χ4v) is 4.52. The van der Waals surface area contributed by atoms with Gasteiger partial charge in [-0.25, -0.2) is 22.2 Å². The van der Waals surface area contributed by atoms with Crippen LogP contribution in [0.2, 0.25) is 0 Å². The van der Waals surface area contributed by atoms with Crippen molar-refractivity contribution >= 4 is 27.0 Å². The van der Waals surface area contributed by atoms with E-state index in [1.54, 1.807) is 42.9 Å². The Labute approximate surface area is 167 Å². The molecule has 0 saturated carbocycles. The zero-order valence-corrected chi connectivity index (χ0v) is 16.6. The first-order valence-electron chi connectivity index (χ1n) is 8.74. The van der Waals surface area contributed by atoms with Gasteiger partial charge in [-0.05, 0) is 37.3 Å². The molecule has 4 rings (SSSR count). The van der Waals surface area contributed by atoms with E-state index in [4.69, 9.17) is 4.74 Å². The molecule has 3 aromatic heterocycles. The fraction of sp³-hybridized carbons (Fsp3) is 0.0952. The Morgan fingerprint density at radius 1 is 1.03 bits per heavy atom. The molecule has 0 amide bonds. The van der Waals surface area contributed by atoms with Gasteiger partial charge in [0.15, 0.2) is 5.65 Å². The second-order valence-electron chi connectivity index (χ2n) is 6.48. The first-order chi connectivity index (χ1) is 13.9. The van der Waals surface area contributed by atoms with E-state index in [1.807, 2.05) is 13.0 Å². The summed E-state index contributed by atoms with van der Waals surface area (Å²) in [5.74, 6) is -0.762. The number of carbonyl (C=O) groups excluding carboxylic acids is 1. The number of fused-ring (bicyclic) bond motifs is 1. The molecule has 0 radical (unpaired) electrons. The highest BCUT2D eigenvalue weighted by molar-refractivity contribution is 7.90. The Bertz CT molecular complexity index is 1310. The summed E-state index contributed by atoms with van der Waals surface area (Å²) in [6.07, 6.45) is 4.90. The summed E-state index contributed by atoms with van der Waals surface area (Å²) in [6.45, 7) is 1.86. The summed E-state index contributed by atoms with van der Waals surface area (Å²) in [6, 6.07) is 13.3. The van der Waals surface area contributed by atoms with Crippen LogP contribution in [0.5, 0.6) is 0 Å². The number of hydrogen-bond donors (Lipinski definition) is 0. The molecule has 0 aliphatic rings. The third-order valence-corrected chi connectivity index (χ3v) is 6.27. The minimum absolute atomic E-state index is 0.0592. The van der Waals surface area contributed by atoms with Crippen molar-refractivity contribution in [3.05, 3.63) is 78.4 Å². The molecule has 0 aliphatic carbocycles. The Balaban J connectivity index is 1.96. The average molecular weight is 407 g/mol. The highest BCUT2D eigenvalue weighted by Gasteiger charge is 2.28. The molecule has 7 nitrogen and oxygen atoms in total. The molecule has 4 aromatic rings. The second-order valence-corrected chi connectivity index (χ2v) is 8.27. The van der Waals surface area contributed by atoms with Gasteiger partial charge in [0.05, 0.1) is 12.0 Å². The number of nitrogens with zero attached hydrogens (tertiary/aromatic N) is 3. The van der Waals surface area contributed by atoms with Crippen LogP contribution in [0.3, 0.4) is 0 Å². The summed E-state index contributed by atoms with van der Waals surface area (Å²) in [5, 5.41) is 0.502. The predicted octanol–water partition coefficient (Wildman–Crippen LogP) is 3.43. The quantitative estimate of drug-likeness (QED) is 0.482. The smallest absolute Gasteiger partial charge is 0.355 e. The molecular formula is C21H17N3O4S. The summed E-state index contributed by atoms with van der Waals surface area (Å²) >= 11 is 0. The minimum atomic E-state index is -4.06. The molecule has 0 unspecified atom stereocenters. The molecule has 146 valence electrons. The van der Waals surface area contributed by atoms with Crippen molar-refractivity contribution in [2.24, 2.45) is 0 Å². The third-order valence-electron chi connectivity index (χ3n) is 4.55. The van der Waals surface area contributed by atoms with Crippen LogP contribution in [0.15, 0.2) is 72.0 Å². The van der Waals surface area contributed by atoms with E-state index in [2.05, 4.69) is 9.97 Å². The van der Waals surface area contributed by atoms with Gasteiger partial charge < -0.3 is 4.74 Å². The van der Waals surface area contributed by atoms with Gasteiger partial charge in [0, 0.05) is 35.1 Å². The zero-order chi connectivity index (χ0) is 20.6. The summed E-state index contributed by atoms with van der Waals surface area (Å²) in [4.78, 5) is 20.8. The van der Waals surface area contributed by atoms with Gasteiger partial charge in [0.25, 0.3) is 10.0 Å². The zero-order valence-electron chi connectivity index (χ0n) is 15.7. The maximum absolute atomic E-state index is 13.3. The monoisotopic (exact) mass is 407 g/mol. The standard InChI is InChI=1S/C21H17N3O4S/c1-14-5-7-18(8-6-14)29(26,27)24-19(21(25)28-2)11-16-10-17(13-23-20(16)24)15-4-3-9-22-12-15/h3-13H,1-2H3. The lowest BCUT2D eigenvalue weighted by atomic mass is 10.1. The number of ether oxygens (including phenoxy) is 1. The van der Waals surface area contributed by atoms with Crippen molar-refractivity contribution in [3.8, 4) is 11.1 Å². The lowest BCUT2D eigenvalue weighted by Gasteiger charge is -2.11. The van der Waals surface area contributed by atoms with Gasteiger partial charge in [-0.3, -0.25) is 4.98 Å². The van der Waals surface area contributed by atoms with Gasteiger partial charge in [-0.2, -0.15) is 0 Å². The van der Waals surface area contributed by atoms with Crippen LogP contribution in [0.25, 0.3) is 22.2 Å². The van der Waals surface area contributed by atoms with E-state index in [0.29, 0.717) is 5.39 Å². The van der Waals surface area contributed by atoms with Crippen LogP contribution in [0.1, 0.15) is 16.1 Å². The minimum Gasteiger partial charge on any atom is -0.464 e. The molecule has 0 spiro atoms. The molecule has 0 fully saturated rings. The molecule has 0 bridgehead atoms. The van der Waals surface area contributed by atoms with Gasteiger partial charge in [0.1, 0.15) is 5.69 Å². The lowest BCUT2D eigenvalue weighted by molar-refractivity contribution is 0.0593. The van der Waals surface area contributed by atoms with Crippen molar-refractivity contribution in [2.45, 2.75) is 11.8 Å². The van der Waals surface area contributed by atoms with Crippen molar-refractivity contribution in [1.29, 1.82) is 0 Å². The Morgan fingerprint density at radius 3 is 2.45 bits per heavy atom. The second kappa shape index (κ2) is 7.14. The van der Waals surface area contributed by atoms with Crippen LogP contribution in [-0.4, -0.2) is 35.4 Å². The molecule has 0 N–H and O–H groups in total. The third kappa shape index (κ3) is 3.27. The highest BCUT2D eigenvalue weighted by atomic mass is 32.2. The van der Waals surface area contributed by atoms with Crippen LogP contribution >= 0.6 is 0 Å². The number of aromatic nitrogens is 3. The molecule has 0 saturated heterocycles. The number of hydrogen-bond acceptors (Lipinski definition) is 6. The number of benzene rings is 1. The van der Waals surface area contributed by atoms with E-state index in [0.717, 1.165) is 20.7 Å². The maximum atomic E-state index is 13.3. The molecular weight excluding hydrogens is 390 g/mol. The molecule has 0 aliphatic heterocycles. The number of esters is 1. The van der Waals surface area contributed by atoms with E-state index < -0.39 is 16.0 Å². The fourth-order valence-electron chi connectivity index (χ4n) is 3.07. The molecule has 0 atom stereocenters. The van der Waals surface area contributed by atoms with Crippen LogP contribution in [0.4, 0.5) is 0 Å². The average Bonchev–Trinajstić information content (AvgIpc) is 3.13. The highest BCUT2D eigenvalue weighted by Crippen LogP contribution is 2.28.